The molecule has 0 fully saturated rings. The van der Waals surface area contributed by atoms with Crippen molar-refractivity contribution in [1.82, 2.24) is 4.98 Å². The number of benzene rings is 2. The molecule has 0 bridgehead atoms. The largest absolute Gasteiger partial charge is 0.497 e. The average molecular weight is 367 g/mol. The summed E-state index contributed by atoms with van der Waals surface area (Å²) >= 11 is 0. The molecular formula is C20H17NO6. The number of esters is 1. The van der Waals surface area contributed by atoms with E-state index in [0.717, 1.165) is 6.08 Å². The zero-order valence-electron chi connectivity index (χ0n) is 14.8. The number of aromatic nitrogens is 1. The Morgan fingerprint density at radius 3 is 2.67 bits per heavy atom. The molecule has 0 radical (unpaired) electrons. The van der Waals surface area contributed by atoms with Gasteiger partial charge in [-0.15, -0.1) is 0 Å². The highest BCUT2D eigenvalue weighted by atomic mass is 16.5. The minimum atomic E-state index is -0.688. The Morgan fingerprint density at radius 1 is 1.11 bits per heavy atom. The Labute approximate surface area is 155 Å². The summed E-state index contributed by atoms with van der Waals surface area (Å²) in [5.41, 5.74) is 1.57. The van der Waals surface area contributed by atoms with Crippen LogP contribution in [0, 0.1) is 0 Å². The highest BCUT2D eigenvalue weighted by Gasteiger charge is 2.15. The van der Waals surface area contributed by atoms with Crippen LogP contribution in [-0.2, 0) is 9.53 Å². The van der Waals surface area contributed by atoms with Crippen LogP contribution in [0.5, 0.6) is 11.5 Å². The van der Waals surface area contributed by atoms with Crippen molar-refractivity contribution >= 4 is 28.9 Å². The molecule has 0 aliphatic rings. The number of para-hydroxylation sites is 2. The lowest BCUT2D eigenvalue weighted by Gasteiger charge is -2.09. The molecule has 0 saturated carbocycles. The minimum Gasteiger partial charge on any atom is -0.497 e. The van der Waals surface area contributed by atoms with Crippen molar-refractivity contribution < 1.29 is 28.2 Å². The predicted octanol–water partition coefficient (Wildman–Crippen LogP) is 3.28. The molecule has 0 unspecified atom stereocenters. The van der Waals surface area contributed by atoms with E-state index in [1.165, 1.54) is 26.4 Å². The second-order valence-electron chi connectivity index (χ2n) is 5.45. The molecule has 3 aromatic rings. The number of methoxy groups -OCH3 is 2. The number of ether oxygens (including phenoxy) is 3. The van der Waals surface area contributed by atoms with Gasteiger partial charge in [-0.3, -0.25) is 4.79 Å². The number of fused-ring (bicyclic) bond motifs is 1. The van der Waals surface area contributed by atoms with E-state index in [0.29, 0.717) is 22.6 Å². The molecule has 1 aromatic heterocycles. The summed E-state index contributed by atoms with van der Waals surface area (Å²) in [6.45, 7) is -0.430. The maximum absolute atomic E-state index is 12.3. The maximum atomic E-state index is 12.3. The molecular weight excluding hydrogens is 350 g/mol. The smallest absolute Gasteiger partial charge is 0.331 e. The van der Waals surface area contributed by atoms with Crippen LogP contribution in [0.3, 0.4) is 0 Å². The first kappa shape index (κ1) is 18.2. The molecule has 138 valence electrons. The second-order valence-corrected chi connectivity index (χ2v) is 5.45. The van der Waals surface area contributed by atoms with Crippen molar-refractivity contribution in [2.24, 2.45) is 0 Å². The van der Waals surface area contributed by atoms with Crippen LogP contribution >= 0.6 is 0 Å². The van der Waals surface area contributed by atoms with Crippen LogP contribution in [0.4, 0.5) is 0 Å². The van der Waals surface area contributed by atoms with Crippen LogP contribution in [0.25, 0.3) is 17.2 Å². The zero-order chi connectivity index (χ0) is 19.2. The number of nitrogens with zero attached hydrogens (tertiary/aromatic N) is 1. The summed E-state index contributed by atoms with van der Waals surface area (Å²) in [5, 5.41) is 0. The Bertz CT molecular complexity index is 972. The standard InChI is InChI=1S/C20H17NO6/c1-24-13-7-8-17(25-2)14(11-13)16(22)12-26-20(23)10-9-19-21-15-5-3-4-6-18(15)27-19/h3-11H,12H2,1-2H3/b10-9+. The van der Waals surface area contributed by atoms with E-state index in [9.17, 15) is 9.59 Å². The van der Waals surface area contributed by atoms with Crippen molar-refractivity contribution in [3.8, 4) is 11.5 Å². The molecule has 7 nitrogen and oxygen atoms in total. The second kappa shape index (κ2) is 8.18. The molecule has 0 atom stereocenters. The fraction of sp³-hybridized carbons (Fsp3) is 0.150. The summed E-state index contributed by atoms with van der Waals surface area (Å²) in [6.07, 6.45) is 2.54. The minimum absolute atomic E-state index is 0.271. The van der Waals surface area contributed by atoms with E-state index >= 15 is 0 Å². The quantitative estimate of drug-likeness (QED) is 0.360. The summed E-state index contributed by atoms with van der Waals surface area (Å²) < 4.78 is 20.7. The van der Waals surface area contributed by atoms with Gasteiger partial charge < -0.3 is 18.6 Å². The number of rotatable bonds is 7. The first-order valence-corrected chi connectivity index (χ1v) is 8.06. The molecule has 27 heavy (non-hydrogen) atoms. The van der Waals surface area contributed by atoms with E-state index < -0.39 is 18.4 Å². The van der Waals surface area contributed by atoms with Gasteiger partial charge in [0.05, 0.1) is 19.8 Å². The summed E-state index contributed by atoms with van der Waals surface area (Å²) in [4.78, 5) is 28.4. The summed E-state index contributed by atoms with van der Waals surface area (Å²) in [7, 11) is 2.95. The molecule has 0 saturated heterocycles. The number of hydrogen-bond donors (Lipinski definition) is 0. The van der Waals surface area contributed by atoms with Gasteiger partial charge in [-0.25, -0.2) is 9.78 Å². The lowest BCUT2D eigenvalue weighted by molar-refractivity contribution is -0.136. The van der Waals surface area contributed by atoms with Gasteiger partial charge in [0.2, 0.25) is 11.7 Å². The van der Waals surface area contributed by atoms with Gasteiger partial charge in [0.25, 0.3) is 0 Å². The third kappa shape index (κ3) is 4.33. The lowest BCUT2D eigenvalue weighted by Crippen LogP contribution is -2.13. The third-order valence-corrected chi connectivity index (χ3v) is 3.72. The highest BCUT2D eigenvalue weighted by molar-refractivity contribution is 6.01. The molecule has 0 amide bonds. The van der Waals surface area contributed by atoms with Gasteiger partial charge in [0.1, 0.15) is 17.0 Å². The molecule has 0 spiro atoms. The van der Waals surface area contributed by atoms with Crippen LogP contribution < -0.4 is 9.47 Å². The molecule has 0 N–H and O–H groups in total. The molecule has 3 rings (SSSR count). The van der Waals surface area contributed by atoms with E-state index in [1.807, 2.05) is 12.1 Å². The van der Waals surface area contributed by atoms with Crippen LogP contribution in [0.1, 0.15) is 16.2 Å². The third-order valence-electron chi connectivity index (χ3n) is 3.72. The molecule has 1 heterocycles. The Morgan fingerprint density at radius 2 is 1.93 bits per heavy atom. The van der Waals surface area contributed by atoms with Crippen molar-refractivity contribution in [3.05, 3.63) is 60.0 Å². The highest BCUT2D eigenvalue weighted by Crippen LogP contribution is 2.24. The van der Waals surface area contributed by atoms with Crippen LogP contribution in [-0.4, -0.2) is 37.6 Å². The van der Waals surface area contributed by atoms with Crippen molar-refractivity contribution in [2.75, 3.05) is 20.8 Å². The van der Waals surface area contributed by atoms with Gasteiger partial charge >= 0.3 is 5.97 Å². The predicted molar refractivity (Wildman–Crippen MR) is 97.9 cm³/mol. The lowest BCUT2D eigenvalue weighted by atomic mass is 10.1. The number of oxazole rings is 1. The average Bonchev–Trinajstić information content (AvgIpc) is 3.13. The van der Waals surface area contributed by atoms with Gasteiger partial charge in [0, 0.05) is 12.2 Å². The van der Waals surface area contributed by atoms with E-state index in [1.54, 1.807) is 24.3 Å². The Balaban J connectivity index is 1.62. The Kier molecular flexibility index (Phi) is 5.51. The van der Waals surface area contributed by atoms with Crippen molar-refractivity contribution in [3.63, 3.8) is 0 Å². The van der Waals surface area contributed by atoms with Gasteiger partial charge in [-0.2, -0.15) is 0 Å². The topological polar surface area (TPSA) is 87.9 Å². The van der Waals surface area contributed by atoms with Gasteiger partial charge in [-0.05, 0) is 30.3 Å². The van der Waals surface area contributed by atoms with E-state index in [-0.39, 0.29) is 11.5 Å². The molecule has 0 aliphatic heterocycles. The summed E-state index contributed by atoms with van der Waals surface area (Å²) in [5.74, 6) is 0.0518. The number of Topliss-reactive ketones (excluding diaryl/α,β-unsaturated/α-hetero) is 1. The van der Waals surface area contributed by atoms with Crippen LogP contribution in [0.2, 0.25) is 0 Å². The zero-order valence-corrected chi connectivity index (χ0v) is 14.8. The fourth-order valence-corrected chi connectivity index (χ4v) is 2.40. The fourth-order valence-electron chi connectivity index (χ4n) is 2.40. The molecule has 7 heteroatoms. The molecule has 0 aliphatic carbocycles. The van der Waals surface area contributed by atoms with Gasteiger partial charge in [-0.1, -0.05) is 12.1 Å². The van der Waals surface area contributed by atoms with Gasteiger partial charge in [0.15, 0.2) is 12.2 Å². The monoisotopic (exact) mass is 367 g/mol. The van der Waals surface area contributed by atoms with E-state index in [2.05, 4.69) is 4.98 Å². The van der Waals surface area contributed by atoms with E-state index in [4.69, 9.17) is 18.6 Å². The van der Waals surface area contributed by atoms with Crippen LogP contribution in [0.15, 0.2) is 53.0 Å². The number of hydrogen-bond acceptors (Lipinski definition) is 7. The number of ketones is 1. The first-order valence-electron chi connectivity index (χ1n) is 8.06. The SMILES string of the molecule is COc1ccc(OC)c(C(=O)COC(=O)/C=C/c2nc3ccccc3o2)c1. The number of carbonyl (C=O) groups is 2. The normalized spacial score (nSPS) is 10.9. The number of carbonyl (C=O) groups excluding carboxylic acids is 2. The Hall–Kier alpha value is -3.61. The molecule has 2 aromatic carbocycles. The summed E-state index contributed by atoms with van der Waals surface area (Å²) in [6, 6.07) is 12.1. The maximum Gasteiger partial charge on any atom is 0.331 e. The van der Waals surface area contributed by atoms with Crippen molar-refractivity contribution in [2.45, 2.75) is 0 Å². The first-order chi connectivity index (χ1) is 13.1. The van der Waals surface area contributed by atoms with Crippen molar-refractivity contribution in [1.29, 1.82) is 0 Å².